The zero-order chi connectivity index (χ0) is 14.3. The quantitative estimate of drug-likeness (QED) is 0.882. The first-order chi connectivity index (χ1) is 9.63. The molecule has 2 heterocycles. The lowest BCUT2D eigenvalue weighted by Crippen LogP contribution is -2.23. The van der Waals surface area contributed by atoms with Crippen LogP contribution in [0.4, 0.5) is 11.4 Å². The number of anilines is 2. The van der Waals surface area contributed by atoms with Crippen LogP contribution in [0, 0.1) is 0 Å². The Bertz CT molecular complexity index is 549. The highest BCUT2D eigenvalue weighted by atomic mass is 79.9. The lowest BCUT2D eigenvalue weighted by atomic mass is 10.1. The van der Waals surface area contributed by atoms with Gasteiger partial charge in [0.15, 0.2) is 0 Å². The normalized spacial score (nSPS) is 24.9. The fraction of sp³-hybridized carbons (Fsp3) is 0.500. The van der Waals surface area contributed by atoms with Crippen LogP contribution in [0.1, 0.15) is 18.0 Å². The van der Waals surface area contributed by atoms with Crippen molar-refractivity contribution < 1.29 is 9.53 Å². The summed E-state index contributed by atoms with van der Waals surface area (Å²) in [5, 5.41) is 5.97. The third-order valence-electron chi connectivity index (χ3n) is 4.06. The molecule has 0 saturated carbocycles. The van der Waals surface area contributed by atoms with Crippen molar-refractivity contribution in [1.82, 2.24) is 5.32 Å². The summed E-state index contributed by atoms with van der Waals surface area (Å²) in [6.07, 6.45) is 1.32. The number of fused-ring (bicyclic) bond motifs is 1. The number of benzene rings is 1. The fourth-order valence-corrected chi connectivity index (χ4v) is 3.55. The van der Waals surface area contributed by atoms with E-state index in [2.05, 4.69) is 31.5 Å². The monoisotopic (exact) mass is 339 g/mol. The van der Waals surface area contributed by atoms with Gasteiger partial charge in [0.05, 0.1) is 11.8 Å². The molecule has 1 aromatic rings. The van der Waals surface area contributed by atoms with E-state index in [1.54, 1.807) is 14.2 Å². The first-order valence-corrected chi connectivity index (χ1v) is 7.52. The average molecular weight is 340 g/mol. The van der Waals surface area contributed by atoms with E-state index in [1.165, 1.54) is 0 Å². The molecule has 0 spiro atoms. The number of amides is 1. The second-order valence-corrected chi connectivity index (χ2v) is 6.05. The van der Waals surface area contributed by atoms with Crippen LogP contribution in [0.3, 0.4) is 0 Å². The molecule has 1 fully saturated rings. The maximum absolute atomic E-state index is 11.9. The van der Waals surface area contributed by atoms with E-state index < -0.39 is 0 Å². The Morgan fingerprint density at radius 2 is 2.30 bits per heavy atom. The maximum Gasteiger partial charge on any atom is 0.246 e. The molecule has 2 N–H and O–H groups in total. The highest BCUT2D eigenvalue weighted by Crippen LogP contribution is 2.39. The van der Waals surface area contributed by atoms with Gasteiger partial charge in [-0.15, -0.1) is 0 Å². The number of hydrogen-bond donors (Lipinski definition) is 2. The summed E-state index contributed by atoms with van der Waals surface area (Å²) in [7, 11) is 3.55. The number of likely N-dealkylation sites (N-methyl/N-ethyl adjacent to an activating group) is 1. The number of methoxy groups -OCH3 is 1. The Morgan fingerprint density at radius 1 is 1.50 bits per heavy atom. The van der Waals surface area contributed by atoms with E-state index in [1.807, 2.05) is 12.1 Å². The maximum atomic E-state index is 11.9. The van der Waals surface area contributed by atoms with Crippen LogP contribution in [0.2, 0.25) is 0 Å². The summed E-state index contributed by atoms with van der Waals surface area (Å²) < 4.78 is 6.43. The molecule has 108 valence electrons. The highest BCUT2D eigenvalue weighted by molar-refractivity contribution is 9.10. The predicted molar refractivity (Wildman–Crippen MR) is 82.2 cm³/mol. The standard InChI is InChI=1S/C14H18BrN3O2/c1-16-13-9-5-10(15)12(6-11(9)17-14(13)19)18-4-3-8(7-18)20-2/h5-6,8,13,16H,3-4,7H2,1-2H3,(H,17,19). The van der Waals surface area contributed by atoms with Crippen molar-refractivity contribution in [2.45, 2.75) is 18.6 Å². The molecule has 2 atom stereocenters. The van der Waals surface area contributed by atoms with Gasteiger partial charge in [0.2, 0.25) is 5.91 Å². The average Bonchev–Trinajstić information content (AvgIpc) is 3.01. The van der Waals surface area contributed by atoms with Crippen molar-refractivity contribution in [3.63, 3.8) is 0 Å². The van der Waals surface area contributed by atoms with Gasteiger partial charge in [-0.2, -0.15) is 0 Å². The molecule has 2 aliphatic heterocycles. The zero-order valence-corrected chi connectivity index (χ0v) is 13.2. The molecule has 2 unspecified atom stereocenters. The molecule has 0 radical (unpaired) electrons. The second kappa shape index (κ2) is 5.35. The highest BCUT2D eigenvalue weighted by Gasteiger charge is 2.32. The summed E-state index contributed by atoms with van der Waals surface area (Å²) in [6, 6.07) is 3.82. The van der Waals surface area contributed by atoms with Gasteiger partial charge in [-0.3, -0.25) is 4.79 Å². The molecular formula is C14H18BrN3O2. The molecule has 0 aromatic heterocycles. The summed E-state index contributed by atoms with van der Waals surface area (Å²) in [5.41, 5.74) is 3.00. The molecule has 0 bridgehead atoms. The van der Waals surface area contributed by atoms with Crippen LogP contribution < -0.4 is 15.5 Å². The zero-order valence-electron chi connectivity index (χ0n) is 11.6. The van der Waals surface area contributed by atoms with E-state index >= 15 is 0 Å². The van der Waals surface area contributed by atoms with Crippen molar-refractivity contribution in [3.8, 4) is 0 Å². The lowest BCUT2D eigenvalue weighted by Gasteiger charge is -2.21. The minimum atomic E-state index is -0.263. The van der Waals surface area contributed by atoms with Gasteiger partial charge in [-0.1, -0.05) is 0 Å². The Morgan fingerprint density at radius 3 is 2.95 bits per heavy atom. The summed E-state index contributed by atoms with van der Waals surface area (Å²) in [6.45, 7) is 1.86. The SMILES string of the molecule is CNC1C(=O)Nc2cc(N3CCC(OC)C3)c(Br)cc21. The molecule has 5 nitrogen and oxygen atoms in total. The third-order valence-corrected chi connectivity index (χ3v) is 4.69. The summed E-state index contributed by atoms with van der Waals surface area (Å²) >= 11 is 3.63. The molecule has 20 heavy (non-hydrogen) atoms. The van der Waals surface area contributed by atoms with Crippen LogP contribution in [0.15, 0.2) is 16.6 Å². The van der Waals surface area contributed by atoms with Crippen molar-refractivity contribution in [3.05, 3.63) is 22.2 Å². The Labute approximate surface area is 126 Å². The molecule has 2 aliphatic rings. The lowest BCUT2D eigenvalue weighted by molar-refractivity contribution is -0.117. The van der Waals surface area contributed by atoms with Crippen LogP contribution in [0.25, 0.3) is 0 Å². The summed E-state index contributed by atoms with van der Waals surface area (Å²) in [5.74, 6) is 0.00254. The molecule has 1 saturated heterocycles. The smallest absolute Gasteiger partial charge is 0.246 e. The van der Waals surface area contributed by atoms with Crippen molar-refractivity contribution in [2.24, 2.45) is 0 Å². The molecule has 3 rings (SSSR count). The van der Waals surface area contributed by atoms with Gasteiger partial charge in [-0.05, 0) is 41.5 Å². The van der Waals surface area contributed by atoms with Crippen LogP contribution in [-0.2, 0) is 9.53 Å². The van der Waals surface area contributed by atoms with Crippen LogP contribution in [0.5, 0.6) is 0 Å². The number of hydrogen-bond acceptors (Lipinski definition) is 4. The number of rotatable bonds is 3. The molecular weight excluding hydrogens is 322 g/mol. The van der Waals surface area contributed by atoms with Gasteiger partial charge in [-0.25, -0.2) is 0 Å². The largest absolute Gasteiger partial charge is 0.380 e. The number of halogens is 1. The van der Waals surface area contributed by atoms with Crippen LogP contribution >= 0.6 is 15.9 Å². The summed E-state index contributed by atoms with van der Waals surface area (Å²) in [4.78, 5) is 14.2. The number of ether oxygens (including phenoxy) is 1. The Kier molecular flexibility index (Phi) is 3.70. The minimum Gasteiger partial charge on any atom is -0.380 e. The number of nitrogens with one attached hydrogen (secondary N) is 2. The first kappa shape index (κ1) is 13.9. The topological polar surface area (TPSA) is 53.6 Å². The van der Waals surface area contributed by atoms with E-state index in [4.69, 9.17) is 4.74 Å². The Balaban J connectivity index is 1.92. The van der Waals surface area contributed by atoms with Gasteiger partial charge >= 0.3 is 0 Å². The molecule has 1 aromatic carbocycles. The van der Waals surface area contributed by atoms with Crippen molar-refractivity contribution in [2.75, 3.05) is 37.5 Å². The van der Waals surface area contributed by atoms with Gasteiger partial charge < -0.3 is 20.3 Å². The Hall–Kier alpha value is -1.11. The molecule has 6 heteroatoms. The second-order valence-electron chi connectivity index (χ2n) is 5.19. The van der Waals surface area contributed by atoms with Crippen molar-refractivity contribution >= 4 is 33.2 Å². The fourth-order valence-electron chi connectivity index (χ4n) is 2.94. The van der Waals surface area contributed by atoms with E-state index in [0.29, 0.717) is 0 Å². The van der Waals surface area contributed by atoms with E-state index in [0.717, 1.165) is 40.9 Å². The van der Waals surface area contributed by atoms with E-state index in [-0.39, 0.29) is 18.1 Å². The first-order valence-electron chi connectivity index (χ1n) is 6.73. The van der Waals surface area contributed by atoms with Crippen molar-refractivity contribution in [1.29, 1.82) is 0 Å². The van der Waals surface area contributed by atoms with E-state index in [9.17, 15) is 4.79 Å². The molecule has 1 amide bonds. The number of carbonyl (C=O) groups is 1. The van der Waals surface area contributed by atoms with Gasteiger partial charge in [0.1, 0.15) is 6.04 Å². The van der Waals surface area contributed by atoms with Crippen LogP contribution in [-0.4, -0.2) is 39.3 Å². The predicted octanol–water partition coefficient (Wildman–Crippen LogP) is 1.89. The number of nitrogens with zero attached hydrogens (tertiary/aromatic N) is 1. The van der Waals surface area contributed by atoms with Gasteiger partial charge in [0, 0.05) is 35.9 Å². The minimum absolute atomic E-state index is 0.00254. The molecule has 0 aliphatic carbocycles. The number of carbonyl (C=O) groups excluding carboxylic acids is 1. The third kappa shape index (κ3) is 2.21. The van der Waals surface area contributed by atoms with Gasteiger partial charge in [0.25, 0.3) is 0 Å².